The number of nitriles is 1. The molecule has 0 saturated heterocycles. The average Bonchev–Trinajstić information content (AvgIpc) is 3.22. The Hall–Kier alpha value is -1.58. The molecule has 1 saturated carbocycles. The summed E-state index contributed by atoms with van der Waals surface area (Å²) in [6.45, 7) is 4.02. The Morgan fingerprint density at radius 3 is 2.62 bits per heavy atom. The molecule has 2 rings (SSSR count). The van der Waals surface area contributed by atoms with E-state index in [9.17, 15) is 15.4 Å². The van der Waals surface area contributed by atoms with Crippen LogP contribution in [0.15, 0.2) is 29.2 Å². The van der Waals surface area contributed by atoms with E-state index in [-0.39, 0.29) is 10.9 Å². The Labute approximate surface area is 128 Å². The maximum absolute atomic E-state index is 10.6. The van der Waals surface area contributed by atoms with E-state index in [0.29, 0.717) is 6.04 Å². The highest BCUT2D eigenvalue weighted by atomic mass is 32.2. The summed E-state index contributed by atoms with van der Waals surface area (Å²) < 4.78 is 0. The first-order chi connectivity index (χ1) is 9.92. The molecule has 0 aliphatic heterocycles. The molecule has 0 spiro atoms. The highest BCUT2D eigenvalue weighted by Crippen LogP contribution is 2.31. The molecule has 1 aliphatic carbocycles. The molecule has 6 heteroatoms. The van der Waals surface area contributed by atoms with E-state index in [1.165, 1.54) is 12.1 Å². The number of thioether (sulfide) groups is 1. The summed E-state index contributed by atoms with van der Waals surface area (Å²) in [5.74, 6) is 0. The standard InChI is InChI=1S/C15H19N3O2S/c1-11(9-15(2,10-16)17-12-3-4-12)21-14-7-5-13(6-8-14)18(19)20/h5-8,11-12,17H,3-4,9H2,1-2H3. The summed E-state index contributed by atoms with van der Waals surface area (Å²) in [4.78, 5) is 11.2. The zero-order valence-corrected chi connectivity index (χ0v) is 13.0. The molecule has 1 N–H and O–H groups in total. The van der Waals surface area contributed by atoms with Crippen LogP contribution in [0.4, 0.5) is 5.69 Å². The lowest BCUT2D eigenvalue weighted by molar-refractivity contribution is -0.384. The summed E-state index contributed by atoms with van der Waals surface area (Å²) in [7, 11) is 0. The van der Waals surface area contributed by atoms with Gasteiger partial charge in [0.05, 0.1) is 11.0 Å². The van der Waals surface area contributed by atoms with Crippen molar-refractivity contribution in [1.29, 1.82) is 5.26 Å². The Morgan fingerprint density at radius 2 is 2.14 bits per heavy atom. The van der Waals surface area contributed by atoms with Crippen LogP contribution < -0.4 is 5.32 Å². The highest BCUT2D eigenvalue weighted by Gasteiger charge is 2.33. The van der Waals surface area contributed by atoms with Gasteiger partial charge in [-0.1, -0.05) is 6.92 Å². The van der Waals surface area contributed by atoms with Crippen LogP contribution in [0.2, 0.25) is 0 Å². The Kier molecular flexibility index (Phi) is 4.86. The SMILES string of the molecule is CC(CC(C)(C#N)NC1CC1)Sc1ccc([N+](=O)[O-])cc1. The van der Waals surface area contributed by atoms with Gasteiger partial charge in [0, 0.05) is 28.3 Å². The molecule has 112 valence electrons. The van der Waals surface area contributed by atoms with Gasteiger partial charge in [-0.2, -0.15) is 5.26 Å². The van der Waals surface area contributed by atoms with Crippen molar-refractivity contribution in [2.75, 3.05) is 0 Å². The van der Waals surface area contributed by atoms with Crippen LogP contribution in [0.5, 0.6) is 0 Å². The molecule has 1 fully saturated rings. The van der Waals surface area contributed by atoms with Gasteiger partial charge in [-0.15, -0.1) is 11.8 Å². The van der Waals surface area contributed by atoms with E-state index in [4.69, 9.17) is 0 Å². The van der Waals surface area contributed by atoms with Gasteiger partial charge in [0.15, 0.2) is 0 Å². The van der Waals surface area contributed by atoms with Gasteiger partial charge >= 0.3 is 0 Å². The highest BCUT2D eigenvalue weighted by molar-refractivity contribution is 7.99. The Morgan fingerprint density at radius 1 is 1.52 bits per heavy atom. The van der Waals surface area contributed by atoms with Crippen LogP contribution in [0, 0.1) is 21.4 Å². The molecule has 0 amide bonds. The quantitative estimate of drug-likeness (QED) is 0.474. The number of hydrogen-bond acceptors (Lipinski definition) is 5. The van der Waals surface area contributed by atoms with Gasteiger partial charge in [-0.05, 0) is 38.3 Å². The molecule has 5 nitrogen and oxygen atoms in total. The van der Waals surface area contributed by atoms with E-state index in [1.807, 2.05) is 6.92 Å². The first kappa shape index (κ1) is 15.8. The summed E-state index contributed by atoms with van der Waals surface area (Å²) in [5, 5.41) is 23.6. The maximum Gasteiger partial charge on any atom is 0.269 e. The van der Waals surface area contributed by atoms with Gasteiger partial charge in [0.25, 0.3) is 5.69 Å². The minimum Gasteiger partial charge on any atom is -0.297 e. The number of nitro groups is 1. The van der Waals surface area contributed by atoms with Crippen LogP contribution in [-0.4, -0.2) is 21.8 Å². The van der Waals surface area contributed by atoms with Crippen molar-refractivity contribution in [2.24, 2.45) is 0 Å². The molecule has 0 heterocycles. The molecule has 21 heavy (non-hydrogen) atoms. The fraction of sp³-hybridized carbons (Fsp3) is 0.533. The third kappa shape index (κ3) is 4.73. The average molecular weight is 305 g/mol. The van der Waals surface area contributed by atoms with Crippen molar-refractivity contribution in [3.8, 4) is 6.07 Å². The zero-order valence-electron chi connectivity index (χ0n) is 12.2. The van der Waals surface area contributed by atoms with Crippen molar-refractivity contribution in [2.45, 2.75) is 54.8 Å². The lowest BCUT2D eigenvalue weighted by Crippen LogP contribution is -2.44. The van der Waals surface area contributed by atoms with E-state index in [2.05, 4.69) is 18.3 Å². The fourth-order valence-corrected chi connectivity index (χ4v) is 3.48. The van der Waals surface area contributed by atoms with E-state index >= 15 is 0 Å². The van der Waals surface area contributed by atoms with Crippen molar-refractivity contribution < 1.29 is 4.92 Å². The van der Waals surface area contributed by atoms with E-state index in [1.54, 1.807) is 23.9 Å². The van der Waals surface area contributed by atoms with Crippen molar-refractivity contribution in [3.05, 3.63) is 34.4 Å². The predicted molar refractivity (Wildman–Crippen MR) is 83.2 cm³/mol. The van der Waals surface area contributed by atoms with Gasteiger partial charge in [0.2, 0.25) is 0 Å². The molecular formula is C15H19N3O2S. The molecular weight excluding hydrogens is 286 g/mol. The molecule has 0 radical (unpaired) electrons. The molecule has 0 bridgehead atoms. The first-order valence-corrected chi connectivity index (χ1v) is 7.90. The predicted octanol–water partition coefficient (Wildman–Crippen LogP) is 3.50. The number of benzene rings is 1. The van der Waals surface area contributed by atoms with Gasteiger partial charge in [-0.25, -0.2) is 0 Å². The molecule has 1 aromatic rings. The van der Waals surface area contributed by atoms with Gasteiger partial charge in [0.1, 0.15) is 5.54 Å². The van der Waals surface area contributed by atoms with E-state index in [0.717, 1.165) is 24.2 Å². The van der Waals surface area contributed by atoms with Gasteiger partial charge in [-0.3, -0.25) is 15.4 Å². The summed E-state index contributed by atoms with van der Waals surface area (Å²) in [5.41, 5.74) is -0.404. The zero-order chi connectivity index (χ0) is 15.5. The topological polar surface area (TPSA) is 79.0 Å². The van der Waals surface area contributed by atoms with Crippen molar-refractivity contribution in [3.63, 3.8) is 0 Å². The smallest absolute Gasteiger partial charge is 0.269 e. The third-order valence-corrected chi connectivity index (χ3v) is 4.54. The number of nitro benzene ring substituents is 1. The van der Waals surface area contributed by atoms with Crippen LogP contribution in [0.25, 0.3) is 0 Å². The number of hydrogen-bond donors (Lipinski definition) is 1. The van der Waals surface area contributed by atoms with Crippen molar-refractivity contribution >= 4 is 17.4 Å². The summed E-state index contributed by atoms with van der Waals surface area (Å²) in [6, 6.07) is 9.42. The number of nitrogens with zero attached hydrogens (tertiary/aromatic N) is 2. The molecule has 1 aliphatic rings. The largest absolute Gasteiger partial charge is 0.297 e. The number of nitrogens with one attached hydrogen (secondary N) is 1. The lowest BCUT2D eigenvalue weighted by atomic mass is 9.98. The van der Waals surface area contributed by atoms with Crippen LogP contribution in [-0.2, 0) is 0 Å². The molecule has 2 unspecified atom stereocenters. The first-order valence-electron chi connectivity index (χ1n) is 7.02. The maximum atomic E-state index is 10.6. The minimum atomic E-state index is -0.506. The monoisotopic (exact) mass is 305 g/mol. The van der Waals surface area contributed by atoms with Gasteiger partial charge < -0.3 is 0 Å². The van der Waals surface area contributed by atoms with Crippen LogP contribution in [0.1, 0.15) is 33.1 Å². The summed E-state index contributed by atoms with van der Waals surface area (Å²) >= 11 is 1.64. The number of rotatable bonds is 7. The second-order valence-electron chi connectivity index (χ2n) is 5.75. The number of non-ortho nitro benzene ring substituents is 1. The minimum absolute atomic E-state index is 0.101. The second kappa shape index (κ2) is 6.46. The second-order valence-corrected chi connectivity index (χ2v) is 7.26. The molecule has 1 aromatic carbocycles. The molecule has 2 atom stereocenters. The van der Waals surface area contributed by atoms with Crippen LogP contribution in [0.3, 0.4) is 0 Å². The Balaban J connectivity index is 1.92. The third-order valence-electron chi connectivity index (χ3n) is 3.43. The normalized spacial score (nSPS) is 18.5. The van der Waals surface area contributed by atoms with E-state index < -0.39 is 10.5 Å². The molecule has 0 aromatic heterocycles. The fourth-order valence-electron chi connectivity index (χ4n) is 2.31. The lowest BCUT2D eigenvalue weighted by Gasteiger charge is -2.26. The Bertz CT molecular complexity index is 551. The van der Waals surface area contributed by atoms with Crippen LogP contribution >= 0.6 is 11.8 Å². The van der Waals surface area contributed by atoms with Crippen molar-refractivity contribution in [1.82, 2.24) is 5.32 Å². The summed E-state index contributed by atoms with van der Waals surface area (Å²) in [6.07, 6.45) is 3.05.